The van der Waals surface area contributed by atoms with Crippen LogP contribution < -0.4 is 4.57 Å². The van der Waals surface area contributed by atoms with Crippen molar-refractivity contribution in [3.8, 4) is 11.3 Å². The number of pyridine rings is 1. The van der Waals surface area contributed by atoms with Gasteiger partial charge < -0.3 is 0 Å². The Kier molecular flexibility index (Phi) is 4.20. The van der Waals surface area contributed by atoms with Crippen LogP contribution in [0.3, 0.4) is 0 Å². The van der Waals surface area contributed by atoms with Gasteiger partial charge in [0.2, 0.25) is 5.69 Å². The first-order valence-corrected chi connectivity index (χ1v) is 9.73. The summed E-state index contributed by atoms with van der Waals surface area (Å²) in [5.74, 6) is 0.764. The molecular formula is C23H30N+. The third kappa shape index (κ3) is 2.90. The Labute approximate surface area is 146 Å². The molecule has 2 saturated carbocycles. The highest BCUT2D eigenvalue weighted by atomic mass is 14.9. The minimum absolute atomic E-state index is 0.731. The van der Waals surface area contributed by atoms with Gasteiger partial charge in [-0.1, -0.05) is 31.0 Å². The fourth-order valence-electron chi connectivity index (χ4n) is 5.16. The molecule has 1 aromatic carbocycles. The van der Waals surface area contributed by atoms with Gasteiger partial charge in [-0.25, -0.2) is 4.57 Å². The van der Waals surface area contributed by atoms with E-state index in [1.54, 1.807) is 5.56 Å². The molecular weight excluding hydrogens is 290 g/mol. The van der Waals surface area contributed by atoms with Crippen molar-refractivity contribution in [2.24, 2.45) is 12.5 Å². The summed E-state index contributed by atoms with van der Waals surface area (Å²) in [6, 6.07) is 13.6. The molecule has 0 amide bonds. The van der Waals surface area contributed by atoms with Gasteiger partial charge in [0, 0.05) is 17.7 Å². The van der Waals surface area contributed by atoms with Crippen LogP contribution in [0.1, 0.15) is 68.4 Å². The van der Waals surface area contributed by atoms with Crippen molar-refractivity contribution in [1.82, 2.24) is 0 Å². The molecule has 2 aliphatic carbocycles. The summed E-state index contributed by atoms with van der Waals surface area (Å²) in [5.41, 5.74) is 6.36. The molecule has 1 spiro atoms. The molecule has 1 aromatic heterocycles. The van der Waals surface area contributed by atoms with Gasteiger partial charge in [-0.2, -0.15) is 0 Å². The summed E-state index contributed by atoms with van der Waals surface area (Å²) < 4.78 is 2.27. The lowest BCUT2D eigenvalue weighted by Crippen LogP contribution is -2.31. The largest absolute Gasteiger partial charge is 0.212 e. The molecule has 4 rings (SSSR count). The smallest absolute Gasteiger partial charge is 0.201 e. The molecule has 1 heteroatoms. The zero-order valence-corrected chi connectivity index (χ0v) is 15.2. The molecule has 0 bridgehead atoms. The Morgan fingerprint density at radius 3 is 2.38 bits per heavy atom. The van der Waals surface area contributed by atoms with Crippen molar-refractivity contribution < 1.29 is 4.57 Å². The van der Waals surface area contributed by atoms with Gasteiger partial charge in [0.1, 0.15) is 7.05 Å². The average molecular weight is 320 g/mol. The number of aromatic nitrogens is 1. The van der Waals surface area contributed by atoms with Gasteiger partial charge in [0.25, 0.3) is 0 Å². The van der Waals surface area contributed by atoms with E-state index in [1.165, 1.54) is 68.2 Å². The molecule has 24 heavy (non-hydrogen) atoms. The van der Waals surface area contributed by atoms with Crippen LogP contribution in [0, 0.1) is 12.3 Å². The minimum Gasteiger partial charge on any atom is -0.201 e. The number of rotatable bonds is 2. The first-order chi connectivity index (χ1) is 11.7. The third-order valence-electron chi connectivity index (χ3n) is 6.78. The number of hydrogen-bond acceptors (Lipinski definition) is 0. The van der Waals surface area contributed by atoms with Crippen molar-refractivity contribution >= 4 is 0 Å². The standard InChI is InChI=1S/C23H30N/c1-18-7-3-4-8-21(18)22-17-20(11-16-24(22)2)19-9-14-23(15-10-19)12-5-6-13-23/h3-4,7-8,11,16-17,19H,5-6,9-10,12-15H2,1-2H3/q+1. The van der Waals surface area contributed by atoms with Crippen molar-refractivity contribution in [3.63, 3.8) is 0 Å². The monoisotopic (exact) mass is 320 g/mol. The second kappa shape index (κ2) is 6.35. The maximum atomic E-state index is 2.46. The van der Waals surface area contributed by atoms with E-state index in [9.17, 15) is 0 Å². The predicted octanol–water partition coefficient (Wildman–Crippen LogP) is 5.70. The third-order valence-corrected chi connectivity index (χ3v) is 6.78. The minimum atomic E-state index is 0.731. The molecule has 2 aliphatic rings. The fraction of sp³-hybridized carbons (Fsp3) is 0.522. The van der Waals surface area contributed by atoms with Crippen LogP contribution in [-0.2, 0) is 7.05 Å². The van der Waals surface area contributed by atoms with Gasteiger partial charge in [-0.3, -0.25) is 0 Å². The summed E-state index contributed by atoms with van der Waals surface area (Å²) in [5, 5.41) is 0. The maximum Gasteiger partial charge on any atom is 0.212 e. The van der Waals surface area contributed by atoms with E-state index in [2.05, 4.69) is 61.1 Å². The molecule has 0 N–H and O–H groups in total. The van der Waals surface area contributed by atoms with Crippen molar-refractivity contribution in [3.05, 3.63) is 53.7 Å². The fourth-order valence-corrected chi connectivity index (χ4v) is 5.16. The highest BCUT2D eigenvalue weighted by molar-refractivity contribution is 5.61. The van der Waals surface area contributed by atoms with Gasteiger partial charge in [-0.05, 0) is 74.0 Å². The van der Waals surface area contributed by atoms with Crippen molar-refractivity contribution in [2.45, 2.75) is 64.2 Å². The van der Waals surface area contributed by atoms with E-state index in [-0.39, 0.29) is 0 Å². The van der Waals surface area contributed by atoms with Gasteiger partial charge in [0.15, 0.2) is 6.20 Å². The molecule has 1 heterocycles. The van der Waals surface area contributed by atoms with Crippen molar-refractivity contribution in [2.75, 3.05) is 0 Å². The lowest BCUT2D eigenvalue weighted by atomic mass is 9.68. The second-order valence-electron chi connectivity index (χ2n) is 8.25. The van der Waals surface area contributed by atoms with E-state index in [0.717, 1.165) is 11.3 Å². The summed E-state index contributed by atoms with van der Waals surface area (Å²) in [7, 11) is 2.17. The van der Waals surface area contributed by atoms with Crippen LogP contribution in [0.5, 0.6) is 0 Å². The quantitative estimate of drug-likeness (QED) is 0.624. The van der Waals surface area contributed by atoms with Crippen LogP contribution in [0.25, 0.3) is 11.3 Å². The summed E-state index contributed by atoms with van der Waals surface area (Å²) >= 11 is 0. The Morgan fingerprint density at radius 2 is 1.67 bits per heavy atom. The molecule has 0 aliphatic heterocycles. The zero-order chi connectivity index (χ0) is 16.6. The molecule has 0 atom stereocenters. The van der Waals surface area contributed by atoms with Gasteiger partial charge in [0.05, 0.1) is 0 Å². The summed E-state index contributed by atoms with van der Waals surface area (Å²) in [4.78, 5) is 0. The lowest BCUT2D eigenvalue weighted by molar-refractivity contribution is -0.660. The predicted molar refractivity (Wildman–Crippen MR) is 99.9 cm³/mol. The van der Waals surface area contributed by atoms with Gasteiger partial charge in [-0.15, -0.1) is 0 Å². The van der Waals surface area contributed by atoms with Crippen LogP contribution in [0.2, 0.25) is 0 Å². The van der Waals surface area contributed by atoms with E-state index < -0.39 is 0 Å². The molecule has 2 aromatic rings. The van der Waals surface area contributed by atoms with E-state index in [0.29, 0.717) is 0 Å². The molecule has 126 valence electrons. The number of benzene rings is 1. The SMILES string of the molecule is Cc1ccccc1-c1cc(C2CCC3(CCCC3)CC2)cc[n+]1C. The number of nitrogens with zero attached hydrogens (tertiary/aromatic N) is 1. The summed E-state index contributed by atoms with van der Waals surface area (Å²) in [6.07, 6.45) is 13.9. The molecule has 0 unspecified atom stereocenters. The Bertz CT molecular complexity index is 715. The maximum absolute atomic E-state index is 2.46. The van der Waals surface area contributed by atoms with E-state index in [1.807, 2.05) is 0 Å². The normalized spacial score (nSPS) is 20.6. The average Bonchev–Trinajstić information content (AvgIpc) is 3.05. The number of hydrogen-bond donors (Lipinski definition) is 0. The van der Waals surface area contributed by atoms with Crippen LogP contribution in [0.15, 0.2) is 42.6 Å². The molecule has 1 nitrogen and oxygen atoms in total. The molecule has 0 radical (unpaired) electrons. The first kappa shape index (κ1) is 15.9. The highest BCUT2D eigenvalue weighted by Gasteiger charge is 2.38. The van der Waals surface area contributed by atoms with Crippen LogP contribution in [-0.4, -0.2) is 0 Å². The second-order valence-corrected chi connectivity index (χ2v) is 8.25. The lowest BCUT2D eigenvalue weighted by Gasteiger charge is -2.37. The van der Waals surface area contributed by atoms with Crippen molar-refractivity contribution in [1.29, 1.82) is 0 Å². The molecule has 0 saturated heterocycles. The van der Waals surface area contributed by atoms with Crippen LogP contribution >= 0.6 is 0 Å². The van der Waals surface area contributed by atoms with E-state index in [4.69, 9.17) is 0 Å². The summed E-state index contributed by atoms with van der Waals surface area (Å²) in [6.45, 7) is 2.21. The Morgan fingerprint density at radius 1 is 0.958 bits per heavy atom. The zero-order valence-electron chi connectivity index (χ0n) is 15.2. The topological polar surface area (TPSA) is 3.88 Å². The highest BCUT2D eigenvalue weighted by Crippen LogP contribution is 2.52. The number of aryl methyl sites for hydroxylation is 2. The first-order valence-electron chi connectivity index (χ1n) is 9.73. The van der Waals surface area contributed by atoms with E-state index >= 15 is 0 Å². The Balaban J connectivity index is 1.59. The Hall–Kier alpha value is -1.63. The molecule has 2 fully saturated rings. The van der Waals surface area contributed by atoms with Crippen LogP contribution in [0.4, 0.5) is 0 Å². The van der Waals surface area contributed by atoms with Gasteiger partial charge >= 0.3 is 0 Å².